The van der Waals surface area contributed by atoms with Gasteiger partial charge in [0.1, 0.15) is 12.1 Å². The summed E-state index contributed by atoms with van der Waals surface area (Å²) in [6.07, 6.45) is 16.4. The molecule has 0 saturated heterocycles. The van der Waals surface area contributed by atoms with Crippen LogP contribution in [0.2, 0.25) is 0 Å². The van der Waals surface area contributed by atoms with Crippen LogP contribution in [0.1, 0.15) is 177 Å². The summed E-state index contributed by atoms with van der Waals surface area (Å²) in [4.78, 5) is 64.7. The van der Waals surface area contributed by atoms with E-state index in [-0.39, 0.29) is 51.4 Å². The first-order valence-corrected chi connectivity index (χ1v) is 25.3. The number of ether oxygens (including phenoxy) is 2. The highest BCUT2D eigenvalue weighted by Gasteiger charge is 2.72. The molecule has 2 amide bonds. The fourth-order valence-corrected chi connectivity index (χ4v) is 15.3. The third-order valence-electron chi connectivity index (χ3n) is 19.1. The second-order valence-electron chi connectivity index (χ2n) is 23.5. The van der Waals surface area contributed by atoms with E-state index in [0.29, 0.717) is 49.0 Å². The number of methoxy groups -OCH3 is 1. The van der Waals surface area contributed by atoms with Gasteiger partial charge in [0.25, 0.3) is 0 Å². The summed E-state index contributed by atoms with van der Waals surface area (Å²) in [7, 11) is 1.35. The summed E-state index contributed by atoms with van der Waals surface area (Å²) in [5.74, 6) is 0.317. The van der Waals surface area contributed by atoms with E-state index in [0.717, 1.165) is 108 Å². The van der Waals surface area contributed by atoms with Crippen molar-refractivity contribution in [2.24, 2.45) is 62.1 Å². The minimum atomic E-state index is -1.17. The lowest BCUT2D eigenvalue weighted by Gasteiger charge is -2.72. The molecule has 1 aromatic carbocycles. The van der Waals surface area contributed by atoms with Crippen LogP contribution in [0.4, 0.5) is 0 Å². The van der Waals surface area contributed by atoms with Crippen LogP contribution in [-0.2, 0) is 39.9 Å². The Kier molecular flexibility index (Phi) is 15.5. The SMILES string of the molecule is C=C(C)[C@@H]1CC[C@]2(C(=O)NCCCCCCCCC(=O)N[C@@H](Cc3ccccc3)C(=O)OC)CC[C@]3(C)[C@H](CC[C@@H]4[C@@]5(C)CC[C@H](OC(=O)CC(C)(C)C(=O)O)C(C)(C)[C@@H]5CC[C@]43C)[C@@H]12. The van der Waals surface area contributed by atoms with E-state index in [1.165, 1.54) is 12.7 Å². The molecule has 5 aliphatic carbocycles. The number of nitrogens with one attached hydrogen (secondary N) is 2. The molecule has 362 valence electrons. The molecule has 5 aliphatic rings. The highest BCUT2D eigenvalue weighted by molar-refractivity contribution is 5.85. The lowest BCUT2D eigenvalue weighted by Crippen LogP contribution is -2.67. The average Bonchev–Trinajstić information content (AvgIpc) is 3.65. The van der Waals surface area contributed by atoms with Gasteiger partial charge in [0, 0.05) is 24.8 Å². The largest absolute Gasteiger partial charge is 0.481 e. The van der Waals surface area contributed by atoms with Crippen molar-refractivity contribution in [2.45, 2.75) is 190 Å². The molecule has 6 rings (SSSR count). The third-order valence-corrected chi connectivity index (χ3v) is 19.1. The number of carboxylic acid groups (broad SMARTS) is 1. The topological polar surface area (TPSA) is 148 Å². The Labute approximate surface area is 391 Å². The van der Waals surface area contributed by atoms with Gasteiger partial charge in [-0.1, -0.05) is 103 Å². The van der Waals surface area contributed by atoms with Crippen LogP contribution < -0.4 is 10.6 Å². The summed E-state index contributed by atoms with van der Waals surface area (Å²) in [6.45, 7) is 22.9. The van der Waals surface area contributed by atoms with E-state index < -0.39 is 29.4 Å². The van der Waals surface area contributed by atoms with Crippen molar-refractivity contribution in [3.63, 3.8) is 0 Å². The fourth-order valence-electron chi connectivity index (χ4n) is 15.3. The first-order chi connectivity index (χ1) is 30.6. The zero-order valence-electron chi connectivity index (χ0n) is 41.6. The number of benzene rings is 1. The quantitative estimate of drug-likeness (QED) is 0.0706. The van der Waals surface area contributed by atoms with Crippen LogP contribution in [0, 0.1) is 62.1 Å². The molecule has 10 nitrogen and oxygen atoms in total. The zero-order valence-corrected chi connectivity index (χ0v) is 41.6. The van der Waals surface area contributed by atoms with Crippen molar-refractivity contribution in [2.75, 3.05) is 13.7 Å². The number of amides is 2. The van der Waals surface area contributed by atoms with Crippen molar-refractivity contribution in [1.82, 2.24) is 10.6 Å². The molecule has 0 spiro atoms. The van der Waals surface area contributed by atoms with Crippen LogP contribution in [0.15, 0.2) is 42.5 Å². The minimum Gasteiger partial charge on any atom is -0.481 e. The molecular formula is C55H84N2O8. The van der Waals surface area contributed by atoms with E-state index in [1.807, 2.05) is 30.3 Å². The maximum Gasteiger partial charge on any atom is 0.328 e. The Morgan fingerprint density at radius 2 is 1.49 bits per heavy atom. The van der Waals surface area contributed by atoms with Gasteiger partial charge < -0.3 is 25.2 Å². The normalized spacial score (nSPS) is 34.0. The van der Waals surface area contributed by atoms with Gasteiger partial charge in [-0.15, -0.1) is 0 Å². The van der Waals surface area contributed by atoms with Crippen LogP contribution in [0.3, 0.4) is 0 Å². The third kappa shape index (κ3) is 9.85. The van der Waals surface area contributed by atoms with Crippen LogP contribution in [-0.4, -0.2) is 60.6 Å². The molecular weight excluding hydrogens is 817 g/mol. The number of fused-ring (bicyclic) bond motifs is 7. The number of hydrogen-bond acceptors (Lipinski definition) is 7. The molecule has 0 aromatic heterocycles. The highest BCUT2D eigenvalue weighted by atomic mass is 16.5. The van der Waals surface area contributed by atoms with Crippen molar-refractivity contribution < 1.29 is 38.6 Å². The summed E-state index contributed by atoms with van der Waals surface area (Å²) < 4.78 is 11.1. The van der Waals surface area contributed by atoms with Crippen molar-refractivity contribution in [3.05, 3.63) is 48.0 Å². The van der Waals surface area contributed by atoms with Gasteiger partial charge in [-0.25, -0.2) is 4.79 Å². The van der Waals surface area contributed by atoms with Crippen molar-refractivity contribution in [1.29, 1.82) is 0 Å². The molecule has 1 aromatic rings. The first kappa shape index (κ1) is 50.7. The Hall–Kier alpha value is -3.69. The standard InChI is InChI=1S/C55H84N2O8/c1-36(2)38-25-30-55(48(61)56-33-19-14-12-11-13-18-22-44(58)57-40(47(60)64-10)34-37-20-16-15-17-21-37)32-31-53(8)39(46(38)55)23-24-42-52(7)28-27-43(65-45(59)35-50(3,4)49(62)63)51(5,6)41(52)26-29-54(42,53)9/h15-17,20-21,38-43,46H,1,11-14,18-19,22-35H2,2-10H3,(H,56,61)(H,57,58)(H,62,63)/t38-,39+,40-,41-,42+,43-,46+,52-,53+,54+,55-/m0/s1. The van der Waals surface area contributed by atoms with Gasteiger partial charge in [0.15, 0.2) is 0 Å². The average molecular weight is 901 g/mol. The number of carbonyl (C=O) groups is 5. The number of carbonyl (C=O) groups excluding carboxylic acids is 4. The molecule has 11 atom stereocenters. The maximum atomic E-state index is 14.6. The predicted molar refractivity (Wildman–Crippen MR) is 254 cm³/mol. The van der Waals surface area contributed by atoms with E-state index in [1.54, 1.807) is 13.8 Å². The molecule has 0 bridgehead atoms. The van der Waals surface area contributed by atoms with Crippen LogP contribution in [0.25, 0.3) is 0 Å². The van der Waals surface area contributed by atoms with Crippen LogP contribution in [0.5, 0.6) is 0 Å². The Morgan fingerprint density at radius 3 is 2.15 bits per heavy atom. The minimum absolute atomic E-state index is 0.0930. The molecule has 0 heterocycles. The second kappa shape index (κ2) is 19.9. The van der Waals surface area contributed by atoms with Crippen molar-refractivity contribution in [3.8, 4) is 0 Å². The molecule has 3 N–H and O–H groups in total. The Bertz CT molecular complexity index is 1910. The molecule has 0 unspecified atom stereocenters. The molecule has 10 heteroatoms. The van der Waals surface area contributed by atoms with Crippen molar-refractivity contribution >= 4 is 29.7 Å². The van der Waals surface area contributed by atoms with Gasteiger partial charge in [-0.05, 0) is 149 Å². The Morgan fingerprint density at radius 1 is 0.815 bits per heavy atom. The molecule has 0 aliphatic heterocycles. The molecule has 5 saturated carbocycles. The van der Waals surface area contributed by atoms with Gasteiger partial charge in [-0.3, -0.25) is 19.2 Å². The summed E-state index contributed by atoms with van der Waals surface area (Å²) in [5, 5.41) is 16.0. The number of carboxylic acids is 1. The Balaban J connectivity index is 1.01. The molecule has 0 radical (unpaired) electrons. The lowest BCUT2D eigenvalue weighted by atomic mass is 9.32. The number of allylic oxidation sites excluding steroid dienone is 1. The zero-order chi connectivity index (χ0) is 47.6. The number of rotatable bonds is 19. The van der Waals surface area contributed by atoms with E-state index >= 15 is 0 Å². The number of hydrogen-bond donors (Lipinski definition) is 3. The lowest BCUT2D eigenvalue weighted by molar-refractivity contribution is -0.249. The van der Waals surface area contributed by atoms with Gasteiger partial charge in [0.2, 0.25) is 11.8 Å². The summed E-state index contributed by atoms with van der Waals surface area (Å²) >= 11 is 0. The summed E-state index contributed by atoms with van der Waals surface area (Å²) in [5.41, 5.74) is 0.753. The van der Waals surface area contributed by atoms with E-state index in [9.17, 15) is 29.1 Å². The fraction of sp³-hybridized carbons (Fsp3) is 0.764. The number of esters is 2. The smallest absolute Gasteiger partial charge is 0.328 e. The highest BCUT2D eigenvalue weighted by Crippen LogP contribution is 2.77. The summed E-state index contributed by atoms with van der Waals surface area (Å²) in [6, 6.07) is 8.93. The van der Waals surface area contributed by atoms with Gasteiger partial charge in [0.05, 0.1) is 24.4 Å². The molecule has 65 heavy (non-hydrogen) atoms. The van der Waals surface area contributed by atoms with Gasteiger partial charge >= 0.3 is 17.9 Å². The van der Waals surface area contributed by atoms with E-state index in [4.69, 9.17) is 9.47 Å². The van der Waals surface area contributed by atoms with E-state index in [2.05, 4.69) is 58.8 Å². The van der Waals surface area contributed by atoms with Crippen LogP contribution >= 0.6 is 0 Å². The first-order valence-electron chi connectivity index (χ1n) is 25.3. The van der Waals surface area contributed by atoms with Gasteiger partial charge in [-0.2, -0.15) is 0 Å². The predicted octanol–water partition coefficient (Wildman–Crippen LogP) is 10.8. The second-order valence-corrected chi connectivity index (χ2v) is 23.5. The number of unbranched alkanes of at least 4 members (excludes halogenated alkanes) is 5. The monoisotopic (exact) mass is 901 g/mol. The molecule has 5 fully saturated rings. The maximum absolute atomic E-state index is 14.6. The number of aliphatic carboxylic acids is 1.